The SMILES string of the molecule is COc1ccccc1OCc1cccc(C(=N)N)c1.Cl. The third-order valence-electron chi connectivity index (χ3n) is 2.70. The summed E-state index contributed by atoms with van der Waals surface area (Å²) >= 11 is 0. The number of nitrogens with one attached hydrogen (secondary N) is 1. The molecular formula is C15H17ClN2O2. The van der Waals surface area contributed by atoms with Crippen LogP contribution in [0.25, 0.3) is 0 Å². The highest BCUT2D eigenvalue weighted by Crippen LogP contribution is 2.26. The van der Waals surface area contributed by atoms with Gasteiger partial charge in [0, 0.05) is 5.56 Å². The number of benzene rings is 2. The van der Waals surface area contributed by atoms with E-state index in [0.29, 0.717) is 23.7 Å². The fourth-order valence-corrected chi connectivity index (χ4v) is 1.73. The molecule has 0 bridgehead atoms. The average molecular weight is 293 g/mol. The second-order valence-electron chi connectivity index (χ2n) is 4.05. The number of amidine groups is 1. The van der Waals surface area contributed by atoms with Gasteiger partial charge in [0.1, 0.15) is 12.4 Å². The molecule has 0 saturated heterocycles. The molecule has 2 aromatic carbocycles. The van der Waals surface area contributed by atoms with Crippen LogP contribution in [-0.4, -0.2) is 12.9 Å². The molecule has 0 fully saturated rings. The topological polar surface area (TPSA) is 68.3 Å². The molecule has 5 heteroatoms. The zero-order valence-electron chi connectivity index (χ0n) is 11.1. The van der Waals surface area contributed by atoms with E-state index in [2.05, 4.69) is 0 Å². The summed E-state index contributed by atoms with van der Waals surface area (Å²) in [7, 11) is 1.61. The fourth-order valence-electron chi connectivity index (χ4n) is 1.73. The van der Waals surface area contributed by atoms with Crippen LogP contribution in [0.4, 0.5) is 0 Å². The Balaban J connectivity index is 0.00000200. The number of rotatable bonds is 5. The van der Waals surface area contributed by atoms with E-state index in [4.69, 9.17) is 20.6 Å². The molecule has 3 N–H and O–H groups in total. The Morgan fingerprint density at radius 3 is 2.45 bits per heavy atom. The molecule has 0 saturated carbocycles. The highest BCUT2D eigenvalue weighted by Gasteiger charge is 2.04. The molecule has 0 aliphatic rings. The number of methoxy groups -OCH3 is 1. The monoisotopic (exact) mass is 292 g/mol. The summed E-state index contributed by atoms with van der Waals surface area (Å²) < 4.78 is 10.9. The quantitative estimate of drug-likeness (QED) is 0.657. The summed E-state index contributed by atoms with van der Waals surface area (Å²) in [6.07, 6.45) is 0. The van der Waals surface area contributed by atoms with Gasteiger partial charge in [-0.25, -0.2) is 0 Å². The number of hydrogen-bond donors (Lipinski definition) is 2. The van der Waals surface area contributed by atoms with Crippen molar-refractivity contribution >= 4 is 18.2 Å². The van der Waals surface area contributed by atoms with Crippen LogP contribution in [0.2, 0.25) is 0 Å². The summed E-state index contributed by atoms with van der Waals surface area (Å²) in [6.45, 7) is 0.404. The molecule has 20 heavy (non-hydrogen) atoms. The van der Waals surface area contributed by atoms with E-state index in [1.165, 1.54) is 0 Å². The number of ether oxygens (including phenoxy) is 2. The number of halogens is 1. The van der Waals surface area contributed by atoms with Crippen LogP contribution in [0.5, 0.6) is 11.5 Å². The van der Waals surface area contributed by atoms with Crippen LogP contribution < -0.4 is 15.2 Å². The van der Waals surface area contributed by atoms with Gasteiger partial charge in [-0.1, -0.05) is 30.3 Å². The first-order chi connectivity index (χ1) is 9.20. The fraction of sp³-hybridized carbons (Fsp3) is 0.133. The molecule has 2 aromatic rings. The largest absolute Gasteiger partial charge is 0.493 e. The first-order valence-corrected chi connectivity index (χ1v) is 5.90. The number of para-hydroxylation sites is 2. The van der Waals surface area contributed by atoms with E-state index in [1.807, 2.05) is 42.5 Å². The van der Waals surface area contributed by atoms with Gasteiger partial charge < -0.3 is 15.2 Å². The summed E-state index contributed by atoms with van der Waals surface area (Å²) in [5, 5.41) is 7.41. The second-order valence-corrected chi connectivity index (χ2v) is 4.05. The smallest absolute Gasteiger partial charge is 0.161 e. The molecule has 0 atom stereocenters. The van der Waals surface area contributed by atoms with Gasteiger partial charge in [-0.2, -0.15) is 0 Å². The van der Waals surface area contributed by atoms with E-state index >= 15 is 0 Å². The van der Waals surface area contributed by atoms with Gasteiger partial charge in [0.15, 0.2) is 11.5 Å². The summed E-state index contributed by atoms with van der Waals surface area (Å²) in [5.74, 6) is 1.45. The van der Waals surface area contributed by atoms with Gasteiger partial charge in [0.05, 0.1) is 7.11 Å². The molecule has 4 nitrogen and oxygen atoms in total. The number of nitrogens with two attached hydrogens (primary N) is 1. The molecule has 106 valence electrons. The van der Waals surface area contributed by atoms with E-state index in [0.717, 1.165) is 5.56 Å². The standard InChI is InChI=1S/C15H16N2O2.ClH/c1-18-13-7-2-3-8-14(13)19-10-11-5-4-6-12(9-11)15(16)17;/h2-9H,10H2,1H3,(H3,16,17);1H. The van der Waals surface area contributed by atoms with Crippen molar-refractivity contribution in [3.05, 3.63) is 59.7 Å². The van der Waals surface area contributed by atoms with Crippen molar-refractivity contribution in [3.8, 4) is 11.5 Å². The van der Waals surface area contributed by atoms with Crippen LogP contribution in [0.15, 0.2) is 48.5 Å². The van der Waals surface area contributed by atoms with Crippen LogP contribution in [-0.2, 0) is 6.61 Å². The zero-order valence-corrected chi connectivity index (χ0v) is 11.9. The molecule has 2 rings (SSSR count). The Bertz CT molecular complexity index is 588. The highest BCUT2D eigenvalue weighted by molar-refractivity contribution is 5.95. The minimum absolute atomic E-state index is 0. The van der Waals surface area contributed by atoms with Gasteiger partial charge in [0.2, 0.25) is 0 Å². The van der Waals surface area contributed by atoms with Crippen molar-refractivity contribution in [2.24, 2.45) is 5.73 Å². The van der Waals surface area contributed by atoms with E-state index < -0.39 is 0 Å². The van der Waals surface area contributed by atoms with Crippen molar-refractivity contribution in [3.63, 3.8) is 0 Å². The predicted molar refractivity (Wildman–Crippen MR) is 82.0 cm³/mol. The van der Waals surface area contributed by atoms with E-state index in [1.54, 1.807) is 13.2 Å². The van der Waals surface area contributed by atoms with Crippen molar-refractivity contribution in [1.82, 2.24) is 0 Å². The maximum atomic E-state index is 7.41. The minimum Gasteiger partial charge on any atom is -0.493 e. The molecule has 0 amide bonds. The molecule has 0 aromatic heterocycles. The Morgan fingerprint density at radius 2 is 1.80 bits per heavy atom. The summed E-state index contributed by atoms with van der Waals surface area (Å²) in [6, 6.07) is 14.9. The Kier molecular flexibility index (Phi) is 5.87. The first-order valence-electron chi connectivity index (χ1n) is 5.90. The Morgan fingerprint density at radius 1 is 1.10 bits per heavy atom. The average Bonchev–Trinajstić information content (AvgIpc) is 2.45. The lowest BCUT2D eigenvalue weighted by Gasteiger charge is -2.10. The first kappa shape index (κ1) is 15.9. The zero-order chi connectivity index (χ0) is 13.7. The molecule has 0 radical (unpaired) electrons. The number of nitrogen functional groups attached to an aromatic ring is 1. The minimum atomic E-state index is 0. The van der Waals surface area contributed by atoms with Gasteiger partial charge in [0.25, 0.3) is 0 Å². The predicted octanol–water partition coefficient (Wildman–Crippen LogP) is 2.98. The van der Waals surface area contributed by atoms with Gasteiger partial charge in [-0.15, -0.1) is 12.4 Å². The van der Waals surface area contributed by atoms with Crippen LogP contribution in [0.1, 0.15) is 11.1 Å². The molecule has 0 spiro atoms. The summed E-state index contributed by atoms with van der Waals surface area (Å²) in [4.78, 5) is 0. The number of hydrogen-bond acceptors (Lipinski definition) is 3. The van der Waals surface area contributed by atoms with Crippen molar-refractivity contribution in [2.75, 3.05) is 7.11 Å². The lowest BCUT2D eigenvalue weighted by atomic mass is 10.1. The van der Waals surface area contributed by atoms with Crippen molar-refractivity contribution in [2.45, 2.75) is 6.61 Å². The van der Waals surface area contributed by atoms with Gasteiger partial charge in [-0.3, -0.25) is 5.41 Å². The lowest BCUT2D eigenvalue weighted by molar-refractivity contribution is 0.284. The molecule has 0 unspecified atom stereocenters. The Labute approximate surface area is 124 Å². The van der Waals surface area contributed by atoms with Crippen LogP contribution >= 0.6 is 12.4 Å². The highest BCUT2D eigenvalue weighted by atomic mass is 35.5. The Hall–Kier alpha value is -2.20. The van der Waals surface area contributed by atoms with Gasteiger partial charge >= 0.3 is 0 Å². The summed E-state index contributed by atoms with van der Waals surface area (Å²) in [5.41, 5.74) is 7.11. The molecule has 0 aliphatic carbocycles. The molecule has 0 heterocycles. The van der Waals surface area contributed by atoms with Gasteiger partial charge in [-0.05, 0) is 23.8 Å². The van der Waals surface area contributed by atoms with Crippen LogP contribution in [0, 0.1) is 5.41 Å². The second kappa shape index (κ2) is 7.40. The normalized spacial score (nSPS) is 9.45. The van der Waals surface area contributed by atoms with Crippen LogP contribution in [0.3, 0.4) is 0 Å². The maximum absolute atomic E-state index is 7.41. The molecular weight excluding hydrogens is 276 g/mol. The maximum Gasteiger partial charge on any atom is 0.161 e. The lowest BCUT2D eigenvalue weighted by Crippen LogP contribution is -2.11. The van der Waals surface area contributed by atoms with E-state index in [-0.39, 0.29) is 18.2 Å². The van der Waals surface area contributed by atoms with Crippen molar-refractivity contribution < 1.29 is 9.47 Å². The third kappa shape index (κ3) is 3.90. The van der Waals surface area contributed by atoms with Crippen molar-refractivity contribution in [1.29, 1.82) is 5.41 Å². The third-order valence-corrected chi connectivity index (χ3v) is 2.70. The van der Waals surface area contributed by atoms with E-state index in [9.17, 15) is 0 Å². The molecule has 0 aliphatic heterocycles.